The van der Waals surface area contributed by atoms with Crippen molar-refractivity contribution in [1.29, 1.82) is 0 Å². The molecule has 5 nitrogen and oxygen atoms in total. The number of ether oxygens (including phenoxy) is 2. The molecule has 5 heteroatoms. The summed E-state index contributed by atoms with van der Waals surface area (Å²) in [6, 6.07) is 6.72. The van der Waals surface area contributed by atoms with Gasteiger partial charge >= 0.3 is 0 Å². The number of fused-ring (bicyclic) bond motifs is 1. The summed E-state index contributed by atoms with van der Waals surface area (Å²) >= 11 is 0. The van der Waals surface area contributed by atoms with Gasteiger partial charge in [0.2, 0.25) is 0 Å². The number of benzene rings is 1. The van der Waals surface area contributed by atoms with Gasteiger partial charge in [-0.15, -0.1) is 0 Å². The van der Waals surface area contributed by atoms with E-state index in [1.165, 1.54) is 11.1 Å². The van der Waals surface area contributed by atoms with Crippen molar-refractivity contribution in [1.82, 2.24) is 14.7 Å². The van der Waals surface area contributed by atoms with Crippen molar-refractivity contribution in [3.63, 3.8) is 0 Å². The predicted molar refractivity (Wildman–Crippen MR) is 92.4 cm³/mol. The van der Waals surface area contributed by atoms with Crippen molar-refractivity contribution in [3.8, 4) is 11.5 Å². The molecule has 2 aliphatic heterocycles. The summed E-state index contributed by atoms with van der Waals surface area (Å²) in [5, 5.41) is 4.21. The lowest BCUT2D eigenvalue weighted by Crippen LogP contribution is -2.32. The van der Waals surface area contributed by atoms with Gasteiger partial charge in [-0.1, -0.05) is 0 Å². The minimum absolute atomic E-state index is 0.0593. The zero-order valence-electron chi connectivity index (χ0n) is 14.7. The highest BCUT2D eigenvalue weighted by atomic mass is 16.5. The molecule has 2 aliphatic rings. The Hall–Kier alpha value is -2.01. The molecule has 2 aromatic rings. The Bertz CT molecular complexity index is 738. The lowest BCUT2D eigenvalue weighted by atomic mass is 9.94. The van der Waals surface area contributed by atoms with E-state index in [1.807, 2.05) is 30.1 Å². The summed E-state index contributed by atoms with van der Waals surface area (Å²) in [6.45, 7) is 7.08. The minimum atomic E-state index is -0.0593. The summed E-state index contributed by atoms with van der Waals surface area (Å²) in [7, 11) is 1.95. The monoisotopic (exact) mass is 327 g/mol. The van der Waals surface area contributed by atoms with Gasteiger partial charge in [0.25, 0.3) is 0 Å². The fraction of sp³-hybridized carbons (Fsp3) is 0.526. The molecule has 2 unspecified atom stereocenters. The Kier molecular flexibility index (Phi) is 3.76. The van der Waals surface area contributed by atoms with E-state index in [-0.39, 0.29) is 5.60 Å². The molecule has 4 rings (SSSR count). The molecule has 1 fully saturated rings. The lowest BCUT2D eigenvalue weighted by molar-refractivity contribution is 0.0844. The third-order valence-electron chi connectivity index (χ3n) is 4.83. The molecule has 1 aromatic carbocycles. The van der Waals surface area contributed by atoms with E-state index in [4.69, 9.17) is 9.47 Å². The van der Waals surface area contributed by atoms with Crippen LogP contribution in [0.2, 0.25) is 0 Å². The van der Waals surface area contributed by atoms with Gasteiger partial charge in [0.15, 0.2) is 0 Å². The summed E-state index contributed by atoms with van der Waals surface area (Å²) < 4.78 is 13.9. The van der Waals surface area contributed by atoms with Crippen LogP contribution in [0.15, 0.2) is 30.6 Å². The Morgan fingerprint density at radius 2 is 2.25 bits per heavy atom. The Morgan fingerprint density at radius 3 is 3.04 bits per heavy atom. The maximum absolute atomic E-state index is 6.03. The van der Waals surface area contributed by atoms with E-state index in [2.05, 4.69) is 36.1 Å². The molecular weight excluding hydrogens is 302 g/mol. The van der Waals surface area contributed by atoms with Gasteiger partial charge in [-0.3, -0.25) is 9.58 Å². The number of aryl methyl sites for hydroxylation is 2. The highest BCUT2D eigenvalue weighted by Gasteiger charge is 2.34. The van der Waals surface area contributed by atoms with E-state index in [9.17, 15) is 0 Å². The van der Waals surface area contributed by atoms with Gasteiger partial charge in [0.05, 0.1) is 12.2 Å². The molecule has 0 N–H and O–H groups in total. The number of hydrogen-bond donors (Lipinski definition) is 0. The van der Waals surface area contributed by atoms with Crippen LogP contribution in [-0.2, 0) is 20.0 Å². The van der Waals surface area contributed by atoms with Crippen molar-refractivity contribution >= 4 is 0 Å². The largest absolute Gasteiger partial charge is 0.492 e. The first-order chi connectivity index (χ1) is 11.5. The number of aromatic nitrogens is 2. The molecule has 24 heavy (non-hydrogen) atoms. The summed E-state index contributed by atoms with van der Waals surface area (Å²) in [5.74, 6) is 1.95. The van der Waals surface area contributed by atoms with E-state index in [0.29, 0.717) is 6.04 Å². The minimum Gasteiger partial charge on any atom is -0.492 e. The smallest absolute Gasteiger partial charge is 0.123 e. The molecule has 0 bridgehead atoms. The molecule has 1 saturated heterocycles. The average molecular weight is 327 g/mol. The number of hydrogen-bond acceptors (Lipinski definition) is 4. The van der Waals surface area contributed by atoms with E-state index < -0.39 is 0 Å². The van der Waals surface area contributed by atoms with Crippen LogP contribution in [0, 0.1) is 0 Å². The van der Waals surface area contributed by atoms with E-state index in [1.54, 1.807) is 0 Å². The quantitative estimate of drug-likeness (QED) is 0.792. The Morgan fingerprint density at radius 1 is 1.38 bits per heavy atom. The Labute approximate surface area is 143 Å². The van der Waals surface area contributed by atoms with Crippen molar-refractivity contribution in [2.75, 3.05) is 13.2 Å². The standard InChI is InChI=1S/C19H25N3O2/c1-19(2)7-6-15-8-17(4-5-18(15)24-19)23-13-16-12-22(16)11-14-9-20-21(3)10-14/h4-5,8-10,16H,6-7,11-13H2,1-3H3. The van der Waals surface area contributed by atoms with Gasteiger partial charge in [-0.2, -0.15) is 5.10 Å². The average Bonchev–Trinajstić information content (AvgIpc) is 3.14. The molecule has 0 saturated carbocycles. The van der Waals surface area contributed by atoms with Crippen LogP contribution in [0.4, 0.5) is 0 Å². The molecule has 128 valence electrons. The molecule has 0 spiro atoms. The first-order valence-corrected chi connectivity index (χ1v) is 8.65. The summed E-state index contributed by atoms with van der Waals surface area (Å²) in [5.41, 5.74) is 2.46. The van der Waals surface area contributed by atoms with Crippen molar-refractivity contribution in [3.05, 3.63) is 41.7 Å². The third-order valence-corrected chi connectivity index (χ3v) is 4.83. The number of rotatable bonds is 5. The van der Waals surface area contributed by atoms with Crippen LogP contribution in [0.5, 0.6) is 11.5 Å². The van der Waals surface area contributed by atoms with Crippen LogP contribution >= 0.6 is 0 Å². The molecule has 0 amide bonds. The van der Waals surface area contributed by atoms with Crippen LogP contribution in [0.3, 0.4) is 0 Å². The first-order valence-electron chi connectivity index (χ1n) is 8.65. The predicted octanol–water partition coefficient (Wildman–Crippen LogP) is 2.79. The molecule has 0 radical (unpaired) electrons. The number of nitrogens with zero attached hydrogens (tertiary/aromatic N) is 3. The summed E-state index contributed by atoms with van der Waals surface area (Å²) in [4.78, 5) is 2.40. The second-order valence-electron chi connectivity index (χ2n) is 7.55. The second kappa shape index (κ2) is 5.81. The fourth-order valence-electron chi connectivity index (χ4n) is 3.28. The third kappa shape index (κ3) is 3.41. The topological polar surface area (TPSA) is 39.3 Å². The van der Waals surface area contributed by atoms with Crippen LogP contribution in [0.25, 0.3) is 0 Å². The van der Waals surface area contributed by atoms with Gasteiger partial charge in [-0.25, -0.2) is 0 Å². The highest BCUT2D eigenvalue weighted by molar-refractivity contribution is 5.42. The molecular formula is C19H25N3O2. The zero-order valence-corrected chi connectivity index (χ0v) is 14.7. The highest BCUT2D eigenvalue weighted by Crippen LogP contribution is 2.35. The fourth-order valence-corrected chi connectivity index (χ4v) is 3.28. The van der Waals surface area contributed by atoms with E-state index in [0.717, 1.165) is 44.0 Å². The molecule has 1 aromatic heterocycles. The van der Waals surface area contributed by atoms with Gasteiger partial charge in [0, 0.05) is 31.9 Å². The SMILES string of the molecule is Cn1cc(CN2CC2COc2ccc3c(c2)CCC(C)(C)O3)cn1. The van der Waals surface area contributed by atoms with E-state index >= 15 is 0 Å². The maximum Gasteiger partial charge on any atom is 0.123 e. The van der Waals surface area contributed by atoms with Gasteiger partial charge < -0.3 is 9.47 Å². The molecule has 3 heterocycles. The summed E-state index contributed by atoms with van der Waals surface area (Å²) in [6.07, 6.45) is 6.10. The van der Waals surface area contributed by atoms with Gasteiger partial charge in [-0.05, 0) is 50.5 Å². The van der Waals surface area contributed by atoms with Crippen LogP contribution < -0.4 is 9.47 Å². The second-order valence-corrected chi connectivity index (χ2v) is 7.55. The van der Waals surface area contributed by atoms with Crippen LogP contribution in [0.1, 0.15) is 31.4 Å². The lowest BCUT2D eigenvalue weighted by Gasteiger charge is -2.32. The molecule has 0 aliphatic carbocycles. The van der Waals surface area contributed by atoms with Crippen molar-refractivity contribution in [2.24, 2.45) is 7.05 Å². The Balaban J connectivity index is 1.30. The van der Waals surface area contributed by atoms with Gasteiger partial charge in [0.1, 0.15) is 23.7 Å². The molecule has 2 atom stereocenters. The maximum atomic E-state index is 6.03. The first kappa shape index (κ1) is 15.5. The van der Waals surface area contributed by atoms with Crippen molar-refractivity contribution in [2.45, 2.75) is 44.9 Å². The zero-order chi connectivity index (χ0) is 16.7. The normalized spacial score (nSPS) is 24.1. The van der Waals surface area contributed by atoms with Crippen molar-refractivity contribution < 1.29 is 9.47 Å². The van der Waals surface area contributed by atoms with Crippen LogP contribution in [-0.4, -0.2) is 39.5 Å².